The van der Waals surface area contributed by atoms with Crippen molar-refractivity contribution in [3.63, 3.8) is 0 Å². The molecule has 2 rings (SSSR count). The third-order valence-electron chi connectivity index (χ3n) is 4.48. The summed E-state index contributed by atoms with van der Waals surface area (Å²) in [4.78, 5) is 7.42. The number of hydrogen-bond donors (Lipinski definition) is 2. The molecule has 1 aliphatic heterocycles. The average molecular weight is 420 g/mol. The van der Waals surface area contributed by atoms with E-state index in [1.54, 1.807) is 0 Å². The van der Waals surface area contributed by atoms with Gasteiger partial charge >= 0.3 is 0 Å². The Morgan fingerprint density at radius 3 is 2.68 bits per heavy atom. The highest BCUT2D eigenvalue weighted by molar-refractivity contribution is 14.0. The SMILES string of the molecule is CCNC(=NCC1CCCN(C(C)C)C1)NC1CC=CC1.I. The Kier molecular flexibility index (Phi) is 9.40. The first kappa shape index (κ1) is 19.7. The van der Waals surface area contributed by atoms with E-state index in [0.29, 0.717) is 18.0 Å². The Bertz CT molecular complexity index is 360. The first-order valence-corrected chi connectivity index (χ1v) is 8.63. The van der Waals surface area contributed by atoms with Gasteiger partial charge in [-0.25, -0.2) is 0 Å². The number of nitrogens with zero attached hydrogens (tertiary/aromatic N) is 2. The van der Waals surface area contributed by atoms with Gasteiger partial charge in [0.25, 0.3) is 0 Å². The molecule has 2 N–H and O–H groups in total. The van der Waals surface area contributed by atoms with E-state index < -0.39 is 0 Å². The molecule has 1 atom stereocenters. The first-order valence-electron chi connectivity index (χ1n) is 8.63. The summed E-state index contributed by atoms with van der Waals surface area (Å²) in [5.74, 6) is 1.70. The summed E-state index contributed by atoms with van der Waals surface area (Å²) < 4.78 is 0. The van der Waals surface area contributed by atoms with Gasteiger partial charge in [0.05, 0.1) is 0 Å². The topological polar surface area (TPSA) is 39.7 Å². The maximum absolute atomic E-state index is 4.83. The second kappa shape index (κ2) is 10.5. The van der Waals surface area contributed by atoms with Crippen LogP contribution in [0.25, 0.3) is 0 Å². The Morgan fingerprint density at radius 2 is 2.05 bits per heavy atom. The predicted molar refractivity (Wildman–Crippen MR) is 106 cm³/mol. The molecule has 0 radical (unpaired) electrons. The lowest BCUT2D eigenvalue weighted by Gasteiger charge is -2.34. The Balaban J connectivity index is 0.00000242. The van der Waals surface area contributed by atoms with Crippen molar-refractivity contribution in [2.75, 3.05) is 26.2 Å². The quantitative estimate of drug-likeness (QED) is 0.311. The van der Waals surface area contributed by atoms with Gasteiger partial charge in [-0.2, -0.15) is 0 Å². The van der Waals surface area contributed by atoms with Crippen molar-refractivity contribution in [1.82, 2.24) is 15.5 Å². The van der Waals surface area contributed by atoms with Crippen molar-refractivity contribution in [2.45, 2.75) is 58.5 Å². The molecule has 0 saturated carbocycles. The molecule has 0 bridgehead atoms. The summed E-state index contributed by atoms with van der Waals surface area (Å²) in [6, 6.07) is 1.19. The molecule has 0 amide bonds. The van der Waals surface area contributed by atoms with E-state index in [2.05, 4.69) is 48.5 Å². The van der Waals surface area contributed by atoms with E-state index in [9.17, 15) is 0 Å². The molecule has 4 nitrogen and oxygen atoms in total. The van der Waals surface area contributed by atoms with Gasteiger partial charge in [-0.1, -0.05) is 12.2 Å². The number of halogens is 1. The number of guanidine groups is 1. The highest BCUT2D eigenvalue weighted by Gasteiger charge is 2.21. The third-order valence-corrected chi connectivity index (χ3v) is 4.48. The van der Waals surface area contributed by atoms with Gasteiger partial charge in [0, 0.05) is 31.7 Å². The lowest BCUT2D eigenvalue weighted by atomic mass is 9.97. The predicted octanol–water partition coefficient (Wildman–Crippen LogP) is 3.00. The number of likely N-dealkylation sites (tertiary alicyclic amines) is 1. The molecule has 1 fully saturated rings. The normalized spacial score (nSPS) is 23.6. The van der Waals surface area contributed by atoms with Crippen molar-refractivity contribution in [3.8, 4) is 0 Å². The van der Waals surface area contributed by atoms with Crippen LogP contribution in [0.3, 0.4) is 0 Å². The Labute approximate surface area is 153 Å². The zero-order chi connectivity index (χ0) is 15.1. The third kappa shape index (κ3) is 6.44. The molecule has 0 aromatic rings. The van der Waals surface area contributed by atoms with Crippen molar-refractivity contribution in [1.29, 1.82) is 0 Å². The van der Waals surface area contributed by atoms with Crippen LogP contribution in [-0.4, -0.2) is 49.1 Å². The summed E-state index contributed by atoms with van der Waals surface area (Å²) in [6.45, 7) is 11.0. The van der Waals surface area contributed by atoms with Gasteiger partial charge in [0.15, 0.2) is 5.96 Å². The molecule has 1 heterocycles. The molecule has 1 saturated heterocycles. The molecular formula is C17H33IN4. The molecule has 0 spiro atoms. The van der Waals surface area contributed by atoms with Crippen LogP contribution in [0.1, 0.15) is 46.5 Å². The van der Waals surface area contributed by atoms with Crippen LogP contribution in [0.5, 0.6) is 0 Å². The molecule has 0 aromatic carbocycles. The Hall–Kier alpha value is -0.300. The molecule has 128 valence electrons. The second-order valence-electron chi connectivity index (χ2n) is 6.60. The smallest absolute Gasteiger partial charge is 0.191 e. The van der Waals surface area contributed by atoms with E-state index in [0.717, 1.165) is 31.9 Å². The number of piperidine rings is 1. The molecule has 5 heteroatoms. The van der Waals surface area contributed by atoms with Gasteiger partial charge in [0.2, 0.25) is 0 Å². The van der Waals surface area contributed by atoms with E-state index in [-0.39, 0.29) is 24.0 Å². The van der Waals surface area contributed by atoms with Crippen LogP contribution < -0.4 is 10.6 Å². The van der Waals surface area contributed by atoms with Crippen LogP contribution >= 0.6 is 24.0 Å². The number of hydrogen-bond acceptors (Lipinski definition) is 2. The van der Waals surface area contributed by atoms with Gasteiger partial charge in [-0.15, -0.1) is 24.0 Å². The molecule has 0 aromatic heterocycles. The zero-order valence-electron chi connectivity index (χ0n) is 14.3. The van der Waals surface area contributed by atoms with E-state index >= 15 is 0 Å². The van der Waals surface area contributed by atoms with E-state index in [1.807, 2.05) is 0 Å². The van der Waals surface area contributed by atoms with Crippen LogP contribution in [0.2, 0.25) is 0 Å². The van der Waals surface area contributed by atoms with Crippen LogP contribution in [0.4, 0.5) is 0 Å². The van der Waals surface area contributed by atoms with Gasteiger partial charge < -0.3 is 15.5 Å². The monoisotopic (exact) mass is 420 g/mol. The number of aliphatic imine (C=N–C) groups is 1. The number of rotatable bonds is 5. The van der Waals surface area contributed by atoms with Crippen molar-refractivity contribution in [2.24, 2.45) is 10.9 Å². The lowest BCUT2D eigenvalue weighted by Crippen LogP contribution is -2.44. The second-order valence-corrected chi connectivity index (χ2v) is 6.60. The molecule has 1 aliphatic carbocycles. The summed E-state index contributed by atoms with van der Waals surface area (Å²) in [5, 5.41) is 6.93. The van der Waals surface area contributed by atoms with Gasteiger partial charge in [0.1, 0.15) is 0 Å². The fourth-order valence-electron chi connectivity index (χ4n) is 3.18. The van der Waals surface area contributed by atoms with Crippen LogP contribution in [0.15, 0.2) is 17.1 Å². The molecule has 22 heavy (non-hydrogen) atoms. The largest absolute Gasteiger partial charge is 0.357 e. The summed E-state index contributed by atoms with van der Waals surface area (Å²) in [6.07, 6.45) is 9.38. The van der Waals surface area contributed by atoms with E-state index in [4.69, 9.17) is 4.99 Å². The maximum Gasteiger partial charge on any atom is 0.191 e. The lowest BCUT2D eigenvalue weighted by molar-refractivity contribution is 0.143. The van der Waals surface area contributed by atoms with Crippen LogP contribution in [0, 0.1) is 5.92 Å². The summed E-state index contributed by atoms with van der Waals surface area (Å²) in [5.41, 5.74) is 0. The fourth-order valence-corrected chi connectivity index (χ4v) is 3.18. The number of nitrogens with one attached hydrogen (secondary N) is 2. The fraction of sp³-hybridized carbons (Fsp3) is 0.824. The summed E-state index contributed by atoms with van der Waals surface area (Å²) in [7, 11) is 0. The van der Waals surface area contributed by atoms with Crippen molar-refractivity contribution >= 4 is 29.9 Å². The van der Waals surface area contributed by atoms with Crippen molar-refractivity contribution < 1.29 is 0 Å². The molecule has 2 aliphatic rings. The zero-order valence-corrected chi connectivity index (χ0v) is 16.7. The summed E-state index contributed by atoms with van der Waals surface area (Å²) >= 11 is 0. The van der Waals surface area contributed by atoms with Crippen LogP contribution in [-0.2, 0) is 0 Å². The minimum absolute atomic E-state index is 0. The van der Waals surface area contributed by atoms with E-state index in [1.165, 1.54) is 25.9 Å². The molecule has 1 unspecified atom stereocenters. The highest BCUT2D eigenvalue weighted by atomic mass is 127. The highest BCUT2D eigenvalue weighted by Crippen LogP contribution is 2.18. The van der Waals surface area contributed by atoms with Gasteiger partial charge in [-0.05, 0) is 58.9 Å². The molecular weight excluding hydrogens is 387 g/mol. The Morgan fingerprint density at radius 1 is 1.32 bits per heavy atom. The standard InChI is InChI=1S/C17H32N4.HI/c1-4-18-17(20-16-9-5-6-10-16)19-12-15-8-7-11-21(13-15)14(2)3;/h5-6,14-16H,4,7-13H2,1-3H3,(H2,18,19,20);1H. The minimum atomic E-state index is 0. The maximum atomic E-state index is 4.83. The first-order chi connectivity index (χ1) is 10.2. The van der Waals surface area contributed by atoms with Gasteiger partial charge in [-0.3, -0.25) is 4.99 Å². The van der Waals surface area contributed by atoms with Crippen molar-refractivity contribution in [3.05, 3.63) is 12.2 Å². The minimum Gasteiger partial charge on any atom is -0.357 e. The average Bonchev–Trinajstić information content (AvgIpc) is 2.98.